The van der Waals surface area contributed by atoms with Crippen LogP contribution >= 0.6 is 0 Å². The predicted molar refractivity (Wildman–Crippen MR) is 198 cm³/mol. The van der Waals surface area contributed by atoms with Crippen LogP contribution in [0.2, 0.25) is 0 Å². The number of rotatable bonds is 35. The highest BCUT2D eigenvalue weighted by atomic mass is 16.6. The first kappa shape index (κ1) is 43.1. The SMILES string of the molecule is CCCCCCCCCCCCCCCC(=O)OCC(COCc1ccccc1)OC(=O)CCCCCCCCCCCCCCC. The molecule has 0 heterocycles. The molecule has 0 aliphatic rings. The van der Waals surface area contributed by atoms with E-state index in [1.54, 1.807) is 0 Å². The van der Waals surface area contributed by atoms with Gasteiger partial charge in [0.15, 0.2) is 6.10 Å². The van der Waals surface area contributed by atoms with Gasteiger partial charge in [-0.2, -0.15) is 0 Å². The number of benzene rings is 1. The largest absolute Gasteiger partial charge is 0.462 e. The highest BCUT2D eigenvalue weighted by Gasteiger charge is 2.17. The van der Waals surface area contributed by atoms with Gasteiger partial charge in [0.1, 0.15) is 6.61 Å². The summed E-state index contributed by atoms with van der Waals surface area (Å²) in [7, 11) is 0. The smallest absolute Gasteiger partial charge is 0.306 e. The second-order valence-electron chi connectivity index (χ2n) is 13.8. The molecular weight excluding hydrogens is 584 g/mol. The van der Waals surface area contributed by atoms with E-state index in [9.17, 15) is 9.59 Å². The maximum atomic E-state index is 12.6. The second kappa shape index (κ2) is 34.0. The van der Waals surface area contributed by atoms with Crippen LogP contribution < -0.4 is 0 Å². The summed E-state index contributed by atoms with van der Waals surface area (Å²) in [5.41, 5.74) is 1.06. The monoisotopic (exact) mass is 659 g/mol. The molecule has 0 aliphatic heterocycles. The van der Waals surface area contributed by atoms with Gasteiger partial charge in [-0.05, 0) is 18.4 Å². The van der Waals surface area contributed by atoms with Crippen LogP contribution in [0.5, 0.6) is 0 Å². The molecule has 0 spiro atoms. The van der Waals surface area contributed by atoms with Crippen molar-refractivity contribution in [1.29, 1.82) is 0 Å². The summed E-state index contributed by atoms with van der Waals surface area (Å²) >= 11 is 0. The van der Waals surface area contributed by atoms with Gasteiger partial charge >= 0.3 is 11.9 Å². The van der Waals surface area contributed by atoms with Crippen molar-refractivity contribution in [2.24, 2.45) is 0 Å². The number of hydrogen-bond donors (Lipinski definition) is 0. The number of carbonyl (C=O) groups is 2. The lowest BCUT2D eigenvalue weighted by atomic mass is 10.0. The number of hydrogen-bond acceptors (Lipinski definition) is 5. The third-order valence-electron chi connectivity index (χ3n) is 9.11. The van der Waals surface area contributed by atoms with Crippen molar-refractivity contribution in [3.8, 4) is 0 Å². The molecule has 0 saturated carbocycles. The third kappa shape index (κ3) is 30.0. The molecule has 1 rings (SSSR count). The number of unbranched alkanes of at least 4 members (excludes halogenated alkanes) is 24. The fourth-order valence-corrected chi connectivity index (χ4v) is 6.08. The standard InChI is InChI=1S/C42H74O5/c1-3-5-7-9-11-13-15-17-19-21-23-25-30-34-41(43)46-38-40(37-45-36-39-32-28-27-29-33-39)47-42(44)35-31-26-24-22-20-18-16-14-12-10-8-6-4-2/h27-29,32-33,40H,3-26,30-31,34-38H2,1-2H3. The molecule has 0 bridgehead atoms. The van der Waals surface area contributed by atoms with E-state index in [0.717, 1.165) is 31.2 Å². The van der Waals surface area contributed by atoms with Crippen LogP contribution in [-0.4, -0.2) is 31.3 Å². The Morgan fingerprint density at radius 2 is 0.872 bits per heavy atom. The van der Waals surface area contributed by atoms with Crippen LogP contribution in [0.3, 0.4) is 0 Å². The molecule has 0 amide bonds. The van der Waals surface area contributed by atoms with Crippen LogP contribution in [0.4, 0.5) is 0 Å². The molecule has 5 heteroatoms. The number of esters is 2. The highest BCUT2D eigenvalue weighted by Crippen LogP contribution is 2.15. The highest BCUT2D eigenvalue weighted by molar-refractivity contribution is 5.70. The molecule has 1 atom stereocenters. The van der Waals surface area contributed by atoms with Gasteiger partial charge in [-0.15, -0.1) is 0 Å². The summed E-state index contributed by atoms with van der Waals surface area (Å²) in [6, 6.07) is 9.94. The minimum atomic E-state index is -0.580. The summed E-state index contributed by atoms with van der Waals surface area (Å²) in [6.45, 7) is 5.23. The van der Waals surface area contributed by atoms with Crippen LogP contribution in [0.15, 0.2) is 30.3 Å². The second-order valence-corrected chi connectivity index (χ2v) is 13.8. The van der Waals surface area contributed by atoms with Crippen molar-refractivity contribution in [3.05, 3.63) is 35.9 Å². The molecule has 0 radical (unpaired) electrons. The Morgan fingerprint density at radius 3 is 1.30 bits per heavy atom. The Hall–Kier alpha value is -1.88. The lowest BCUT2D eigenvalue weighted by molar-refractivity contribution is -0.163. The summed E-state index contributed by atoms with van der Waals surface area (Å²) in [5, 5.41) is 0. The van der Waals surface area contributed by atoms with E-state index >= 15 is 0 Å². The van der Waals surface area contributed by atoms with Gasteiger partial charge in [0.05, 0.1) is 13.2 Å². The van der Waals surface area contributed by atoms with E-state index in [4.69, 9.17) is 14.2 Å². The van der Waals surface area contributed by atoms with E-state index in [1.165, 1.54) is 141 Å². The van der Waals surface area contributed by atoms with Gasteiger partial charge < -0.3 is 14.2 Å². The summed E-state index contributed by atoms with van der Waals surface area (Å²) in [5.74, 6) is -0.442. The van der Waals surface area contributed by atoms with Gasteiger partial charge in [-0.25, -0.2) is 0 Å². The van der Waals surface area contributed by atoms with Gasteiger partial charge in [-0.3, -0.25) is 9.59 Å². The molecule has 1 aromatic rings. The number of carbonyl (C=O) groups excluding carboxylic acids is 2. The molecule has 0 aromatic heterocycles. The van der Waals surface area contributed by atoms with Gasteiger partial charge in [0.2, 0.25) is 0 Å². The van der Waals surface area contributed by atoms with Gasteiger partial charge in [-0.1, -0.05) is 198 Å². The molecule has 1 unspecified atom stereocenters. The fraction of sp³-hybridized carbons (Fsp3) is 0.810. The van der Waals surface area contributed by atoms with E-state index in [-0.39, 0.29) is 25.2 Å². The van der Waals surface area contributed by atoms with E-state index < -0.39 is 6.10 Å². The minimum Gasteiger partial charge on any atom is -0.462 e. The molecule has 272 valence electrons. The van der Waals surface area contributed by atoms with Crippen molar-refractivity contribution in [3.63, 3.8) is 0 Å². The van der Waals surface area contributed by atoms with Crippen molar-refractivity contribution in [1.82, 2.24) is 0 Å². The topological polar surface area (TPSA) is 61.8 Å². The van der Waals surface area contributed by atoms with Crippen LogP contribution in [0.25, 0.3) is 0 Å². The Labute approximate surface area is 290 Å². The first-order valence-electron chi connectivity index (χ1n) is 20.1. The van der Waals surface area contributed by atoms with Gasteiger partial charge in [0.25, 0.3) is 0 Å². The quantitative estimate of drug-likeness (QED) is 0.0536. The molecule has 0 N–H and O–H groups in total. The Bertz CT molecular complexity index is 810. The zero-order valence-corrected chi connectivity index (χ0v) is 30.9. The van der Waals surface area contributed by atoms with Crippen LogP contribution in [-0.2, 0) is 30.4 Å². The van der Waals surface area contributed by atoms with Crippen LogP contribution in [0, 0.1) is 0 Å². The maximum absolute atomic E-state index is 12.6. The summed E-state index contributed by atoms with van der Waals surface area (Å²) < 4.78 is 17.1. The predicted octanol–water partition coefficient (Wildman–Crippen LogP) is 12.6. The average molecular weight is 659 g/mol. The lowest BCUT2D eigenvalue weighted by Crippen LogP contribution is -2.29. The average Bonchev–Trinajstić information content (AvgIpc) is 3.08. The minimum absolute atomic E-state index is 0.0520. The lowest BCUT2D eigenvalue weighted by Gasteiger charge is -2.18. The van der Waals surface area contributed by atoms with E-state index in [1.807, 2.05) is 30.3 Å². The zero-order valence-electron chi connectivity index (χ0n) is 30.9. The molecule has 5 nitrogen and oxygen atoms in total. The normalized spacial score (nSPS) is 11.9. The molecule has 0 saturated heterocycles. The zero-order chi connectivity index (χ0) is 33.9. The Kier molecular flexibility index (Phi) is 31.2. The Balaban J connectivity index is 2.17. The molecule has 1 aromatic carbocycles. The maximum Gasteiger partial charge on any atom is 0.306 e. The van der Waals surface area contributed by atoms with Crippen molar-refractivity contribution >= 4 is 11.9 Å². The molecular formula is C42H74O5. The Morgan fingerprint density at radius 1 is 0.489 bits per heavy atom. The molecule has 0 aliphatic carbocycles. The van der Waals surface area contributed by atoms with Crippen molar-refractivity contribution in [2.75, 3.05) is 13.2 Å². The molecule has 47 heavy (non-hydrogen) atoms. The van der Waals surface area contributed by atoms with E-state index in [0.29, 0.717) is 19.4 Å². The third-order valence-corrected chi connectivity index (χ3v) is 9.11. The number of ether oxygens (including phenoxy) is 3. The first-order chi connectivity index (χ1) is 23.2. The van der Waals surface area contributed by atoms with Gasteiger partial charge in [0, 0.05) is 12.8 Å². The van der Waals surface area contributed by atoms with Crippen LogP contribution in [0.1, 0.15) is 199 Å². The summed E-state index contributed by atoms with van der Waals surface area (Å²) in [6.07, 6.45) is 33.4. The summed E-state index contributed by atoms with van der Waals surface area (Å²) in [4.78, 5) is 25.1. The van der Waals surface area contributed by atoms with E-state index in [2.05, 4.69) is 13.8 Å². The fourth-order valence-electron chi connectivity index (χ4n) is 6.08. The molecule has 0 fully saturated rings. The van der Waals surface area contributed by atoms with Crippen molar-refractivity contribution < 1.29 is 23.8 Å². The van der Waals surface area contributed by atoms with Crippen molar-refractivity contribution in [2.45, 2.75) is 206 Å². The first-order valence-corrected chi connectivity index (χ1v) is 20.1.